The largest absolute Gasteiger partial charge is 0.545 e. The second kappa shape index (κ2) is 7.01. The van der Waals surface area contributed by atoms with Crippen LogP contribution < -0.4 is 5.11 Å². The Labute approximate surface area is 160 Å². The van der Waals surface area contributed by atoms with E-state index >= 15 is 0 Å². The summed E-state index contributed by atoms with van der Waals surface area (Å²) in [5.74, 6) is -2.51. The highest BCUT2D eigenvalue weighted by molar-refractivity contribution is 6.22. The third kappa shape index (κ3) is 3.10. The molecule has 2 aromatic rings. The van der Waals surface area contributed by atoms with Gasteiger partial charge < -0.3 is 14.6 Å². The zero-order chi connectivity index (χ0) is 19.8. The topological polar surface area (TPSA) is 104 Å². The molecule has 1 fully saturated rings. The van der Waals surface area contributed by atoms with Crippen LogP contribution in [0.5, 0.6) is 0 Å². The summed E-state index contributed by atoms with van der Waals surface area (Å²) in [5, 5.41) is 10.8. The first-order chi connectivity index (χ1) is 13.5. The van der Waals surface area contributed by atoms with Gasteiger partial charge in [0.1, 0.15) is 0 Å². The van der Waals surface area contributed by atoms with Crippen LogP contribution in [0, 0.1) is 0 Å². The molecule has 0 radical (unpaired) electrons. The molecule has 0 unspecified atom stereocenters. The number of carboxylic acid groups (broad SMARTS) is 1. The predicted octanol–water partition coefficient (Wildman–Crippen LogP) is 1.06. The van der Waals surface area contributed by atoms with Gasteiger partial charge in [0, 0.05) is 17.7 Å². The quantitative estimate of drug-likeness (QED) is 0.569. The van der Waals surface area contributed by atoms with E-state index in [0.717, 1.165) is 12.8 Å². The van der Waals surface area contributed by atoms with Gasteiger partial charge in [-0.2, -0.15) is 0 Å². The first-order valence-electron chi connectivity index (χ1n) is 8.93. The van der Waals surface area contributed by atoms with Crippen LogP contribution in [-0.2, 0) is 4.74 Å². The molecule has 28 heavy (non-hydrogen) atoms. The fourth-order valence-electron chi connectivity index (χ4n) is 3.51. The van der Waals surface area contributed by atoms with Gasteiger partial charge in [0.25, 0.3) is 11.8 Å². The number of aromatic carboxylic acids is 1. The number of rotatable bonds is 5. The lowest BCUT2D eigenvalue weighted by Crippen LogP contribution is -2.36. The van der Waals surface area contributed by atoms with Crippen molar-refractivity contribution >= 4 is 23.6 Å². The molecule has 4 rings (SSSR count). The monoisotopic (exact) mass is 378 g/mol. The van der Waals surface area contributed by atoms with Crippen LogP contribution in [0.2, 0.25) is 0 Å². The lowest BCUT2D eigenvalue weighted by atomic mass is 9.98. The summed E-state index contributed by atoms with van der Waals surface area (Å²) in [6.45, 7) is 0.837. The predicted molar refractivity (Wildman–Crippen MR) is 95.0 cm³/mol. The molecule has 1 saturated heterocycles. The number of amides is 2. The number of imide groups is 1. The van der Waals surface area contributed by atoms with Crippen molar-refractivity contribution in [1.29, 1.82) is 0 Å². The van der Waals surface area contributed by atoms with Crippen molar-refractivity contribution in [3.8, 4) is 0 Å². The lowest BCUT2D eigenvalue weighted by Gasteiger charge is -2.17. The number of hydrogen-bond donors (Lipinski definition) is 0. The van der Waals surface area contributed by atoms with Gasteiger partial charge in [0.15, 0.2) is 5.78 Å². The molecule has 7 nitrogen and oxygen atoms in total. The molecule has 2 aliphatic rings. The summed E-state index contributed by atoms with van der Waals surface area (Å²) in [6, 6.07) is 9.74. The molecular formula is C21H16NO6-. The Bertz CT molecular complexity index is 988. The number of fused-ring (bicyclic) bond motifs is 1. The Kier molecular flexibility index (Phi) is 4.52. The standard InChI is InChI=1S/C21H17NO6/c23-18(12-3-5-13(6-4-12)21(26)27)14-7-8-16-17(10-14)20(25)22(19(16)24)11-15-2-1-9-28-15/h3-8,10,15H,1-2,9,11H2,(H,26,27)/p-1/t15-/m1/s1. The molecule has 2 aliphatic heterocycles. The maximum absolute atomic E-state index is 12.7. The van der Waals surface area contributed by atoms with Gasteiger partial charge in [0.05, 0.1) is 29.7 Å². The molecule has 7 heteroatoms. The molecule has 2 aromatic carbocycles. The molecule has 142 valence electrons. The third-order valence-electron chi connectivity index (χ3n) is 5.03. The zero-order valence-electron chi connectivity index (χ0n) is 14.8. The summed E-state index contributed by atoms with van der Waals surface area (Å²) in [7, 11) is 0. The maximum Gasteiger partial charge on any atom is 0.261 e. The molecule has 1 atom stereocenters. The number of hydrogen-bond acceptors (Lipinski definition) is 6. The Morgan fingerprint density at radius 1 is 0.964 bits per heavy atom. The number of ether oxygens (including phenoxy) is 1. The van der Waals surface area contributed by atoms with Crippen molar-refractivity contribution < 1.29 is 29.0 Å². The van der Waals surface area contributed by atoms with Crippen molar-refractivity contribution in [2.45, 2.75) is 18.9 Å². The minimum absolute atomic E-state index is 0.0314. The second-order valence-electron chi connectivity index (χ2n) is 6.81. The highest BCUT2D eigenvalue weighted by Gasteiger charge is 2.37. The molecule has 0 saturated carbocycles. The van der Waals surface area contributed by atoms with E-state index in [9.17, 15) is 24.3 Å². The molecule has 0 spiro atoms. The lowest BCUT2D eigenvalue weighted by molar-refractivity contribution is -0.255. The Morgan fingerprint density at radius 3 is 2.25 bits per heavy atom. The minimum atomic E-state index is -1.33. The highest BCUT2D eigenvalue weighted by Crippen LogP contribution is 2.27. The van der Waals surface area contributed by atoms with Crippen LogP contribution in [0.1, 0.15) is 59.8 Å². The van der Waals surface area contributed by atoms with Crippen molar-refractivity contribution in [2.75, 3.05) is 13.2 Å². The molecule has 2 heterocycles. The van der Waals surface area contributed by atoms with Gasteiger partial charge in [0.2, 0.25) is 0 Å². The van der Waals surface area contributed by atoms with Crippen molar-refractivity contribution in [1.82, 2.24) is 4.90 Å². The first kappa shape index (κ1) is 18.1. The van der Waals surface area contributed by atoms with E-state index < -0.39 is 11.9 Å². The molecule has 0 bridgehead atoms. The number of carboxylic acids is 1. The third-order valence-corrected chi connectivity index (χ3v) is 5.03. The van der Waals surface area contributed by atoms with E-state index in [2.05, 4.69) is 0 Å². The second-order valence-corrected chi connectivity index (χ2v) is 6.81. The number of benzene rings is 2. The van der Waals surface area contributed by atoms with Crippen LogP contribution in [0.4, 0.5) is 0 Å². The average Bonchev–Trinajstić information content (AvgIpc) is 3.30. The Hall–Kier alpha value is -3.32. The number of carbonyl (C=O) groups is 4. The van der Waals surface area contributed by atoms with Crippen LogP contribution in [0.15, 0.2) is 42.5 Å². The fourth-order valence-corrected chi connectivity index (χ4v) is 3.51. The van der Waals surface area contributed by atoms with Gasteiger partial charge in [-0.1, -0.05) is 30.3 Å². The van der Waals surface area contributed by atoms with E-state index in [0.29, 0.717) is 6.61 Å². The van der Waals surface area contributed by atoms with Crippen molar-refractivity contribution in [2.24, 2.45) is 0 Å². The smallest absolute Gasteiger partial charge is 0.261 e. The Morgan fingerprint density at radius 2 is 1.61 bits per heavy atom. The SMILES string of the molecule is O=C([O-])c1ccc(C(=O)c2ccc3c(c2)C(=O)N(C[C@H]2CCCO2)C3=O)cc1. The summed E-state index contributed by atoms with van der Waals surface area (Å²) in [6.07, 6.45) is 1.56. The number of nitrogens with zero attached hydrogens (tertiary/aromatic N) is 1. The molecule has 2 amide bonds. The van der Waals surface area contributed by atoms with E-state index in [4.69, 9.17) is 4.74 Å². The van der Waals surface area contributed by atoms with Crippen molar-refractivity contribution in [3.05, 3.63) is 70.3 Å². The van der Waals surface area contributed by atoms with E-state index in [1.54, 1.807) is 0 Å². The average molecular weight is 378 g/mol. The van der Waals surface area contributed by atoms with Gasteiger partial charge in [-0.3, -0.25) is 19.3 Å². The number of carbonyl (C=O) groups excluding carboxylic acids is 4. The van der Waals surface area contributed by atoms with E-state index in [1.807, 2.05) is 0 Å². The van der Waals surface area contributed by atoms with Gasteiger partial charge in [-0.05, 0) is 30.5 Å². The fraction of sp³-hybridized carbons (Fsp3) is 0.238. The van der Waals surface area contributed by atoms with Gasteiger partial charge in [-0.15, -0.1) is 0 Å². The van der Waals surface area contributed by atoms with Gasteiger partial charge >= 0.3 is 0 Å². The zero-order valence-corrected chi connectivity index (χ0v) is 14.8. The van der Waals surface area contributed by atoms with Crippen LogP contribution in [-0.4, -0.2) is 47.7 Å². The summed E-state index contributed by atoms with van der Waals surface area (Å²) in [5.41, 5.74) is 0.959. The van der Waals surface area contributed by atoms with Crippen molar-refractivity contribution in [3.63, 3.8) is 0 Å². The highest BCUT2D eigenvalue weighted by atomic mass is 16.5. The van der Waals surface area contributed by atoms with E-state index in [1.165, 1.54) is 47.4 Å². The molecule has 0 aromatic heterocycles. The van der Waals surface area contributed by atoms with E-state index in [-0.39, 0.29) is 52.2 Å². The normalized spacial score (nSPS) is 18.4. The first-order valence-corrected chi connectivity index (χ1v) is 8.93. The van der Waals surface area contributed by atoms with Crippen LogP contribution in [0.3, 0.4) is 0 Å². The summed E-state index contributed by atoms with van der Waals surface area (Å²) < 4.78 is 5.51. The van der Waals surface area contributed by atoms with Crippen LogP contribution >= 0.6 is 0 Å². The maximum atomic E-state index is 12.7. The molecule has 0 N–H and O–H groups in total. The summed E-state index contributed by atoms with van der Waals surface area (Å²) in [4.78, 5) is 49.9. The van der Waals surface area contributed by atoms with Gasteiger partial charge in [-0.25, -0.2) is 0 Å². The minimum Gasteiger partial charge on any atom is -0.545 e. The molecular weight excluding hydrogens is 362 g/mol. The van der Waals surface area contributed by atoms with Crippen LogP contribution in [0.25, 0.3) is 0 Å². The summed E-state index contributed by atoms with van der Waals surface area (Å²) >= 11 is 0. The Balaban J connectivity index is 1.58. The molecule has 0 aliphatic carbocycles. The number of ketones is 1.